The second-order valence-corrected chi connectivity index (χ2v) is 9.93. The summed E-state index contributed by atoms with van der Waals surface area (Å²) in [6.07, 6.45) is 0.258. The highest BCUT2D eigenvalue weighted by Gasteiger charge is 2.17. The van der Waals surface area contributed by atoms with Crippen LogP contribution >= 0.6 is 11.6 Å². The first-order valence-electron chi connectivity index (χ1n) is 10.5. The highest BCUT2D eigenvalue weighted by Crippen LogP contribution is 2.34. The maximum atomic E-state index is 12.5. The molecule has 0 spiro atoms. The number of carbonyl (C=O) groups excluding carboxylic acids is 1. The molecule has 0 aliphatic carbocycles. The van der Waals surface area contributed by atoms with Crippen molar-refractivity contribution in [3.05, 3.63) is 71.2 Å². The van der Waals surface area contributed by atoms with E-state index < -0.39 is 22.0 Å². The number of nitrogens with one attached hydrogen (secondary N) is 3. The number of anilines is 3. The lowest BCUT2D eigenvalue weighted by Gasteiger charge is -2.17. The first-order chi connectivity index (χ1) is 16.5. The predicted molar refractivity (Wildman–Crippen MR) is 137 cm³/mol. The SMILES string of the molecule is Cc1ccc(OC(C)C(=O)Nc2cc(O)c(NCOc3cccc(NS(C)(=O)=O)c3)cc2Cl)cc1. The molecule has 0 aromatic heterocycles. The minimum Gasteiger partial charge on any atom is -0.506 e. The van der Waals surface area contributed by atoms with E-state index in [-0.39, 0.29) is 28.9 Å². The van der Waals surface area contributed by atoms with Gasteiger partial charge in [0.15, 0.2) is 12.8 Å². The molecule has 0 bridgehead atoms. The summed E-state index contributed by atoms with van der Waals surface area (Å²) < 4.78 is 36.3. The van der Waals surface area contributed by atoms with E-state index in [4.69, 9.17) is 21.1 Å². The van der Waals surface area contributed by atoms with Gasteiger partial charge in [-0.3, -0.25) is 9.52 Å². The van der Waals surface area contributed by atoms with Crippen molar-refractivity contribution in [1.82, 2.24) is 0 Å². The number of sulfonamides is 1. The van der Waals surface area contributed by atoms with Gasteiger partial charge in [-0.15, -0.1) is 0 Å². The molecule has 0 saturated heterocycles. The Morgan fingerprint density at radius 3 is 2.46 bits per heavy atom. The van der Waals surface area contributed by atoms with Crippen molar-refractivity contribution in [1.29, 1.82) is 0 Å². The topological polar surface area (TPSA) is 126 Å². The number of carbonyl (C=O) groups is 1. The molecule has 9 nitrogen and oxygen atoms in total. The number of phenolic OH excluding ortho intramolecular Hbond substituents is 1. The fourth-order valence-corrected chi connectivity index (χ4v) is 3.73. The number of halogens is 1. The molecule has 0 fully saturated rings. The summed E-state index contributed by atoms with van der Waals surface area (Å²) in [7, 11) is -3.41. The van der Waals surface area contributed by atoms with Crippen LogP contribution in [0.1, 0.15) is 12.5 Å². The zero-order valence-corrected chi connectivity index (χ0v) is 20.9. The van der Waals surface area contributed by atoms with Crippen LogP contribution in [0.2, 0.25) is 5.02 Å². The highest BCUT2D eigenvalue weighted by atomic mass is 35.5. The second kappa shape index (κ2) is 11.2. The van der Waals surface area contributed by atoms with Gasteiger partial charge >= 0.3 is 0 Å². The molecule has 1 atom stereocenters. The van der Waals surface area contributed by atoms with Crippen molar-refractivity contribution >= 4 is 44.6 Å². The molecule has 3 aromatic rings. The van der Waals surface area contributed by atoms with Crippen LogP contribution < -0.4 is 24.8 Å². The number of aryl methyl sites for hydroxylation is 1. The molecule has 35 heavy (non-hydrogen) atoms. The summed E-state index contributed by atoms with van der Waals surface area (Å²) >= 11 is 6.29. The third-order valence-electron chi connectivity index (χ3n) is 4.69. The van der Waals surface area contributed by atoms with Gasteiger partial charge in [0.1, 0.15) is 17.2 Å². The lowest BCUT2D eigenvalue weighted by molar-refractivity contribution is -0.122. The Kier molecular flexibility index (Phi) is 8.31. The van der Waals surface area contributed by atoms with Gasteiger partial charge in [-0.1, -0.05) is 35.4 Å². The van der Waals surface area contributed by atoms with Crippen LogP contribution in [0, 0.1) is 6.92 Å². The molecule has 1 unspecified atom stereocenters. The van der Waals surface area contributed by atoms with Gasteiger partial charge in [-0.05, 0) is 44.2 Å². The second-order valence-electron chi connectivity index (χ2n) is 7.78. The van der Waals surface area contributed by atoms with E-state index in [1.807, 2.05) is 19.1 Å². The van der Waals surface area contributed by atoms with Gasteiger partial charge in [0.25, 0.3) is 5.91 Å². The van der Waals surface area contributed by atoms with Crippen LogP contribution in [0.15, 0.2) is 60.7 Å². The molecule has 0 radical (unpaired) electrons. The van der Waals surface area contributed by atoms with Crippen molar-refractivity contribution < 1.29 is 27.8 Å². The number of phenols is 1. The number of ether oxygens (including phenoxy) is 2. The molecule has 0 aliphatic heterocycles. The molecule has 4 N–H and O–H groups in total. The first kappa shape index (κ1) is 26.0. The largest absolute Gasteiger partial charge is 0.506 e. The van der Waals surface area contributed by atoms with Crippen LogP contribution in [0.5, 0.6) is 17.2 Å². The molecular formula is C24H26ClN3O6S. The smallest absolute Gasteiger partial charge is 0.265 e. The number of hydrogen-bond acceptors (Lipinski definition) is 7. The van der Waals surface area contributed by atoms with Gasteiger partial charge in [-0.2, -0.15) is 0 Å². The van der Waals surface area contributed by atoms with Crippen LogP contribution in [-0.4, -0.2) is 38.5 Å². The molecular weight excluding hydrogens is 494 g/mol. The molecule has 3 aromatic carbocycles. The van der Waals surface area contributed by atoms with Gasteiger partial charge in [0.2, 0.25) is 10.0 Å². The quantitative estimate of drug-likeness (QED) is 0.228. The van der Waals surface area contributed by atoms with E-state index in [0.29, 0.717) is 17.2 Å². The average Bonchev–Trinajstić information content (AvgIpc) is 2.77. The van der Waals surface area contributed by atoms with E-state index >= 15 is 0 Å². The monoisotopic (exact) mass is 519 g/mol. The molecule has 0 aliphatic rings. The maximum absolute atomic E-state index is 12.5. The summed E-state index contributed by atoms with van der Waals surface area (Å²) in [5, 5.41) is 16.1. The molecule has 0 saturated carbocycles. The summed E-state index contributed by atoms with van der Waals surface area (Å²) in [5.41, 5.74) is 1.94. The van der Waals surface area contributed by atoms with E-state index in [1.165, 1.54) is 18.2 Å². The lowest BCUT2D eigenvalue weighted by Crippen LogP contribution is -2.30. The molecule has 11 heteroatoms. The van der Waals surface area contributed by atoms with E-state index in [2.05, 4.69) is 15.4 Å². The van der Waals surface area contributed by atoms with Crippen molar-refractivity contribution in [2.24, 2.45) is 0 Å². The van der Waals surface area contributed by atoms with Gasteiger partial charge in [0, 0.05) is 12.1 Å². The maximum Gasteiger partial charge on any atom is 0.265 e. The number of amides is 1. The first-order valence-corrected chi connectivity index (χ1v) is 12.8. The highest BCUT2D eigenvalue weighted by molar-refractivity contribution is 7.92. The summed E-state index contributed by atoms with van der Waals surface area (Å²) in [5.74, 6) is 0.374. The minimum atomic E-state index is -3.41. The zero-order valence-electron chi connectivity index (χ0n) is 19.3. The average molecular weight is 520 g/mol. The standard InChI is InChI=1S/C24H26ClN3O6S/c1-15-7-9-18(10-8-15)34-16(2)24(30)27-21-13-23(29)22(12-20(21)25)26-14-33-19-6-4-5-17(11-19)28-35(3,31)32/h4-13,16,26,28-29H,14H2,1-3H3,(H,27,30). The predicted octanol–water partition coefficient (Wildman–Crippen LogP) is 4.58. The Hall–Kier alpha value is -3.63. The van der Waals surface area contributed by atoms with Crippen LogP contribution in [0.3, 0.4) is 0 Å². The third-order valence-corrected chi connectivity index (χ3v) is 5.60. The van der Waals surface area contributed by atoms with E-state index in [1.54, 1.807) is 37.3 Å². The van der Waals surface area contributed by atoms with Gasteiger partial charge < -0.3 is 25.2 Å². The zero-order chi connectivity index (χ0) is 25.6. The van der Waals surface area contributed by atoms with Crippen molar-refractivity contribution in [3.63, 3.8) is 0 Å². The number of rotatable bonds is 10. The molecule has 186 valence electrons. The fourth-order valence-electron chi connectivity index (χ4n) is 2.97. The molecule has 3 rings (SSSR count). The Balaban J connectivity index is 1.57. The van der Waals surface area contributed by atoms with Crippen molar-refractivity contribution in [2.75, 3.05) is 28.3 Å². The molecule has 0 heterocycles. The number of aromatic hydroxyl groups is 1. The number of benzene rings is 3. The lowest BCUT2D eigenvalue weighted by atomic mass is 10.2. The molecule has 1 amide bonds. The van der Waals surface area contributed by atoms with Gasteiger partial charge in [0.05, 0.1) is 28.3 Å². The van der Waals surface area contributed by atoms with E-state index in [9.17, 15) is 18.3 Å². The number of hydrogen-bond donors (Lipinski definition) is 4. The summed E-state index contributed by atoms with van der Waals surface area (Å²) in [6.45, 7) is 3.52. The van der Waals surface area contributed by atoms with Gasteiger partial charge in [-0.25, -0.2) is 8.42 Å². The van der Waals surface area contributed by atoms with Crippen LogP contribution in [0.4, 0.5) is 17.1 Å². The summed E-state index contributed by atoms with van der Waals surface area (Å²) in [4.78, 5) is 12.5. The Bertz CT molecular complexity index is 1300. The van der Waals surface area contributed by atoms with E-state index in [0.717, 1.165) is 11.8 Å². The minimum absolute atomic E-state index is 0.0423. The van der Waals surface area contributed by atoms with Crippen LogP contribution in [0.25, 0.3) is 0 Å². The Labute approximate surface area is 209 Å². The normalized spacial score (nSPS) is 11.9. The van der Waals surface area contributed by atoms with Crippen molar-refractivity contribution in [2.45, 2.75) is 20.0 Å². The van der Waals surface area contributed by atoms with Crippen molar-refractivity contribution in [3.8, 4) is 17.2 Å². The summed E-state index contributed by atoms with van der Waals surface area (Å²) in [6, 6.07) is 16.5. The third kappa shape index (κ3) is 7.97. The fraction of sp³-hybridized carbons (Fsp3) is 0.208. The Morgan fingerprint density at radius 2 is 1.77 bits per heavy atom. The Morgan fingerprint density at radius 1 is 1.06 bits per heavy atom. The van der Waals surface area contributed by atoms with Crippen LogP contribution in [-0.2, 0) is 14.8 Å².